The molecule has 2 aromatic heterocycles. The Morgan fingerprint density at radius 2 is 1.50 bits per heavy atom. The summed E-state index contributed by atoms with van der Waals surface area (Å²) in [6, 6.07) is 6.83. The molecule has 0 amide bonds. The molecule has 0 unspecified atom stereocenters. The number of rotatable bonds is 1. The molecule has 0 aliphatic heterocycles. The molecule has 4 rings (SSSR count). The molecular weight excluding hydrogens is 402 g/mol. The van der Waals surface area contributed by atoms with E-state index in [9.17, 15) is 26.3 Å². The number of hydrogen-bond acceptors (Lipinski definition) is 2. The zero-order valence-electron chi connectivity index (χ0n) is 14.5. The average Bonchev–Trinajstić information content (AvgIpc) is 3.10. The van der Waals surface area contributed by atoms with Gasteiger partial charge in [-0.2, -0.15) is 26.3 Å². The quantitative estimate of drug-likeness (QED) is 0.313. The van der Waals surface area contributed by atoms with E-state index in [1.165, 1.54) is 12.1 Å². The molecule has 28 heavy (non-hydrogen) atoms. The number of benzene rings is 2. The molecule has 0 fully saturated rings. The minimum absolute atomic E-state index is 0.181. The van der Waals surface area contributed by atoms with Crippen LogP contribution < -0.4 is 0 Å². The SMILES string of the molecule is Cc1c(-c2nc3cc(C(F)(F)F)ccc3n2C)sc2cc(C(F)(F)F)ccc12. The van der Waals surface area contributed by atoms with Crippen LogP contribution in [0.5, 0.6) is 0 Å². The van der Waals surface area contributed by atoms with E-state index in [1.54, 1.807) is 18.5 Å². The van der Waals surface area contributed by atoms with Crippen LogP contribution in [0.2, 0.25) is 0 Å². The van der Waals surface area contributed by atoms with Gasteiger partial charge in [0.15, 0.2) is 5.82 Å². The lowest BCUT2D eigenvalue weighted by Crippen LogP contribution is -2.04. The first-order valence-corrected chi connectivity index (χ1v) is 8.93. The van der Waals surface area contributed by atoms with Crippen LogP contribution in [0.3, 0.4) is 0 Å². The molecule has 0 aliphatic rings. The molecule has 0 saturated carbocycles. The van der Waals surface area contributed by atoms with E-state index in [-0.39, 0.29) is 5.52 Å². The van der Waals surface area contributed by atoms with Crippen molar-refractivity contribution in [2.24, 2.45) is 7.05 Å². The Labute approximate surface area is 159 Å². The largest absolute Gasteiger partial charge is 0.416 e. The zero-order valence-corrected chi connectivity index (χ0v) is 15.4. The van der Waals surface area contributed by atoms with Crippen molar-refractivity contribution in [1.29, 1.82) is 0 Å². The van der Waals surface area contributed by atoms with Gasteiger partial charge in [-0.15, -0.1) is 11.3 Å². The minimum atomic E-state index is -4.48. The highest BCUT2D eigenvalue weighted by atomic mass is 32.1. The fourth-order valence-corrected chi connectivity index (χ4v) is 4.47. The van der Waals surface area contributed by atoms with Gasteiger partial charge in [0.25, 0.3) is 0 Å². The number of thiophene rings is 1. The molecule has 0 atom stereocenters. The van der Waals surface area contributed by atoms with Gasteiger partial charge < -0.3 is 4.57 Å². The second-order valence-corrected chi connectivity index (χ2v) is 7.51. The zero-order chi connectivity index (χ0) is 20.4. The Morgan fingerprint density at radius 1 is 0.893 bits per heavy atom. The number of aryl methyl sites for hydroxylation is 2. The first-order chi connectivity index (χ1) is 13.0. The van der Waals surface area contributed by atoms with E-state index in [4.69, 9.17) is 0 Å². The van der Waals surface area contributed by atoms with Crippen molar-refractivity contribution < 1.29 is 26.3 Å². The van der Waals surface area contributed by atoms with Gasteiger partial charge in [0, 0.05) is 11.7 Å². The Balaban J connectivity index is 1.91. The van der Waals surface area contributed by atoms with Gasteiger partial charge in [0.2, 0.25) is 0 Å². The maximum atomic E-state index is 13.0. The molecule has 0 N–H and O–H groups in total. The third-order valence-electron chi connectivity index (χ3n) is 4.68. The van der Waals surface area contributed by atoms with Crippen LogP contribution in [-0.4, -0.2) is 9.55 Å². The van der Waals surface area contributed by atoms with Gasteiger partial charge in [0.05, 0.1) is 27.0 Å². The summed E-state index contributed by atoms with van der Waals surface area (Å²) < 4.78 is 79.9. The molecule has 0 bridgehead atoms. The summed E-state index contributed by atoms with van der Waals surface area (Å²) in [6.45, 7) is 1.77. The van der Waals surface area contributed by atoms with Crippen molar-refractivity contribution >= 4 is 32.5 Å². The summed E-state index contributed by atoms with van der Waals surface area (Å²) in [6.07, 6.45) is -8.93. The predicted octanol–water partition coefficient (Wildman–Crippen LogP) is 6.80. The van der Waals surface area contributed by atoms with E-state index in [0.717, 1.165) is 41.2 Å². The lowest BCUT2D eigenvalue weighted by atomic mass is 10.1. The van der Waals surface area contributed by atoms with E-state index in [2.05, 4.69) is 4.98 Å². The maximum absolute atomic E-state index is 13.0. The van der Waals surface area contributed by atoms with E-state index >= 15 is 0 Å². The van der Waals surface area contributed by atoms with Crippen molar-refractivity contribution in [3.05, 3.63) is 53.1 Å². The minimum Gasteiger partial charge on any atom is -0.326 e. The highest BCUT2D eigenvalue weighted by Gasteiger charge is 2.32. The number of imidazole rings is 1. The summed E-state index contributed by atoms with van der Waals surface area (Å²) in [4.78, 5) is 4.96. The summed E-state index contributed by atoms with van der Waals surface area (Å²) in [5.74, 6) is 0.418. The lowest BCUT2D eigenvalue weighted by Gasteiger charge is -2.06. The van der Waals surface area contributed by atoms with Gasteiger partial charge in [-0.3, -0.25) is 0 Å². The Morgan fingerprint density at radius 3 is 2.14 bits per heavy atom. The van der Waals surface area contributed by atoms with Crippen LogP contribution >= 0.6 is 11.3 Å². The summed E-state index contributed by atoms with van der Waals surface area (Å²) in [5.41, 5.74) is -0.112. The van der Waals surface area contributed by atoms with Crippen molar-refractivity contribution in [3.8, 4) is 10.7 Å². The van der Waals surface area contributed by atoms with Crippen molar-refractivity contribution in [3.63, 3.8) is 0 Å². The van der Waals surface area contributed by atoms with Crippen LogP contribution in [0.4, 0.5) is 26.3 Å². The topological polar surface area (TPSA) is 17.8 Å². The normalized spacial score (nSPS) is 13.0. The molecule has 2 nitrogen and oxygen atoms in total. The number of aromatic nitrogens is 2. The summed E-state index contributed by atoms with van der Waals surface area (Å²) >= 11 is 1.14. The van der Waals surface area contributed by atoms with Crippen LogP contribution in [0.15, 0.2) is 36.4 Å². The molecule has 0 radical (unpaired) electrons. The third-order valence-corrected chi connectivity index (χ3v) is 5.93. The van der Waals surface area contributed by atoms with Crippen LogP contribution in [0, 0.1) is 6.92 Å². The Kier molecular flexibility index (Phi) is 4.01. The van der Waals surface area contributed by atoms with Crippen LogP contribution in [0.1, 0.15) is 16.7 Å². The van der Waals surface area contributed by atoms with E-state index < -0.39 is 23.5 Å². The van der Waals surface area contributed by atoms with Gasteiger partial charge in [-0.1, -0.05) is 6.07 Å². The smallest absolute Gasteiger partial charge is 0.326 e. The summed E-state index contributed by atoms with van der Waals surface area (Å²) in [5, 5.41) is 0.663. The summed E-state index contributed by atoms with van der Waals surface area (Å²) in [7, 11) is 1.67. The molecule has 2 aromatic carbocycles. The number of halogens is 6. The number of fused-ring (bicyclic) bond motifs is 2. The second-order valence-electron chi connectivity index (χ2n) is 6.46. The highest BCUT2D eigenvalue weighted by Crippen LogP contribution is 2.41. The molecule has 0 aliphatic carbocycles. The number of hydrogen-bond donors (Lipinski definition) is 0. The average molecular weight is 414 g/mol. The van der Waals surface area contributed by atoms with E-state index in [0.29, 0.717) is 26.3 Å². The highest BCUT2D eigenvalue weighted by molar-refractivity contribution is 7.22. The number of nitrogens with zero attached hydrogens (tertiary/aromatic N) is 2. The monoisotopic (exact) mass is 414 g/mol. The maximum Gasteiger partial charge on any atom is 0.416 e. The van der Waals surface area contributed by atoms with Gasteiger partial charge in [-0.25, -0.2) is 4.98 Å². The van der Waals surface area contributed by atoms with Crippen molar-refractivity contribution in [1.82, 2.24) is 9.55 Å². The van der Waals surface area contributed by atoms with E-state index in [1.807, 2.05) is 0 Å². The molecule has 2 heterocycles. The molecule has 146 valence electrons. The molecule has 0 spiro atoms. The molecule has 9 heteroatoms. The Bertz CT molecular complexity index is 1120. The third kappa shape index (κ3) is 2.94. The van der Waals surface area contributed by atoms with Crippen molar-refractivity contribution in [2.45, 2.75) is 19.3 Å². The molecule has 0 saturated heterocycles. The fourth-order valence-electron chi connectivity index (χ4n) is 3.19. The Hall–Kier alpha value is -2.55. The lowest BCUT2D eigenvalue weighted by molar-refractivity contribution is -0.138. The first-order valence-electron chi connectivity index (χ1n) is 8.11. The van der Waals surface area contributed by atoms with Crippen LogP contribution in [0.25, 0.3) is 31.8 Å². The van der Waals surface area contributed by atoms with Gasteiger partial charge in [-0.05, 0) is 48.2 Å². The van der Waals surface area contributed by atoms with Gasteiger partial charge >= 0.3 is 12.4 Å². The number of alkyl halides is 6. The van der Waals surface area contributed by atoms with Crippen molar-refractivity contribution in [2.75, 3.05) is 0 Å². The second kappa shape index (κ2) is 5.97. The standard InChI is InChI=1S/C19H12F6N2S/c1-9-12-5-3-11(19(23,24)25)8-15(12)28-16(9)17-26-13-7-10(18(20,21)22)4-6-14(13)27(17)2/h3-8H,1-2H3. The van der Waals surface area contributed by atoms with Gasteiger partial charge in [0.1, 0.15) is 0 Å². The molecule has 4 aromatic rings. The molecular formula is C19H12F6N2S. The first kappa shape index (κ1) is 18.8. The fraction of sp³-hybridized carbons (Fsp3) is 0.211. The predicted molar refractivity (Wildman–Crippen MR) is 96.3 cm³/mol. The van der Waals surface area contributed by atoms with Crippen LogP contribution in [-0.2, 0) is 19.4 Å².